The van der Waals surface area contributed by atoms with E-state index in [1.807, 2.05) is 25.7 Å². The van der Waals surface area contributed by atoms with E-state index < -0.39 is 0 Å². The van der Waals surface area contributed by atoms with Crippen molar-refractivity contribution in [3.05, 3.63) is 0 Å². The molecule has 1 aliphatic heterocycles. The monoisotopic (exact) mass is 301 g/mol. The van der Waals surface area contributed by atoms with Crippen molar-refractivity contribution in [1.82, 2.24) is 9.80 Å². The molecule has 6 heteroatoms. The molecule has 0 saturated carbocycles. The van der Waals surface area contributed by atoms with Gasteiger partial charge in [0.25, 0.3) is 0 Å². The van der Waals surface area contributed by atoms with Crippen LogP contribution in [-0.2, 0) is 9.53 Å². The molecule has 1 aliphatic rings. The molecule has 0 aromatic rings. The zero-order valence-electron chi connectivity index (χ0n) is 13.0. The van der Waals surface area contributed by atoms with Crippen molar-refractivity contribution >= 4 is 23.1 Å². The second kappa shape index (κ2) is 7.33. The summed E-state index contributed by atoms with van der Waals surface area (Å²) in [5, 5.41) is 0. The first-order chi connectivity index (χ1) is 9.28. The van der Waals surface area contributed by atoms with E-state index in [4.69, 9.17) is 22.7 Å². The number of carbonyl (C=O) groups is 1. The third-order valence-corrected chi connectivity index (χ3v) is 4.50. The first-order valence-corrected chi connectivity index (χ1v) is 7.51. The largest absolute Gasteiger partial charge is 0.392 e. The SMILES string of the molecule is COCC(C)CC(=O)N1CCN(C(C)(C)C(N)=S)CC1. The molecule has 1 rings (SSSR count). The highest BCUT2D eigenvalue weighted by atomic mass is 32.1. The van der Waals surface area contributed by atoms with Gasteiger partial charge >= 0.3 is 0 Å². The van der Waals surface area contributed by atoms with E-state index in [9.17, 15) is 4.79 Å². The van der Waals surface area contributed by atoms with E-state index in [2.05, 4.69) is 4.90 Å². The van der Waals surface area contributed by atoms with Crippen molar-refractivity contribution < 1.29 is 9.53 Å². The molecule has 1 amide bonds. The molecule has 0 bridgehead atoms. The minimum Gasteiger partial charge on any atom is -0.392 e. The molecular formula is C14H27N3O2S. The Morgan fingerprint density at radius 3 is 2.35 bits per heavy atom. The standard InChI is InChI=1S/C14H27N3O2S/c1-11(10-19-4)9-12(18)16-5-7-17(8-6-16)14(2,3)13(15)20/h11H,5-10H2,1-4H3,(H2,15,20). The zero-order valence-corrected chi connectivity index (χ0v) is 13.8. The van der Waals surface area contributed by atoms with Gasteiger partial charge in [-0.25, -0.2) is 0 Å². The van der Waals surface area contributed by atoms with Crippen LogP contribution in [0.1, 0.15) is 27.2 Å². The van der Waals surface area contributed by atoms with Crippen LogP contribution in [0.25, 0.3) is 0 Å². The Morgan fingerprint density at radius 1 is 1.35 bits per heavy atom. The summed E-state index contributed by atoms with van der Waals surface area (Å²) in [6.45, 7) is 9.84. The summed E-state index contributed by atoms with van der Waals surface area (Å²) in [4.78, 5) is 16.9. The summed E-state index contributed by atoms with van der Waals surface area (Å²) in [5.41, 5.74) is 5.51. The minimum absolute atomic E-state index is 0.210. The van der Waals surface area contributed by atoms with Gasteiger partial charge in [0.1, 0.15) is 0 Å². The quantitative estimate of drug-likeness (QED) is 0.738. The van der Waals surface area contributed by atoms with E-state index in [-0.39, 0.29) is 17.4 Å². The predicted molar refractivity (Wildman–Crippen MR) is 84.7 cm³/mol. The third-order valence-electron chi connectivity index (χ3n) is 4.00. The van der Waals surface area contributed by atoms with E-state index in [1.54, 1.807) is 7.11 Å². The average molecular weight is 301 g/mol. The summed E-state index contributed by atoms with van der Waals surface area (Å²) in [6.07, 6.45) is 0.548. The highest BCUT2D eigenvalue weighted by Crippen LogP contribution is 2.18. The summed E-state index contributed by atoms with van der Waals surface area (Å²) < 4.78 is 5.07. The summed E-state index contributed by atoms with van der Waals surface area (Å²) in [7, 11) is 1.66. The Balaban J connectivity index is 2.46. The van der Waals surface area contributed by atoms with Crippen LogP contribution >= 0.6 is 12.2 Å². The number of thiocarbonyl (C=S) groups is 1. The normalized spacial score (nSPS) is 18.9. The van der Waals surface area contributed by atoms with Crippen LogP contribution in [0.4, 0.5) is 0 Å². The molecule has 116 valence electrons. The molecule has 1 heterocycles. The molecule has 1 saturated heterocycles. The van der Waals surface area contributed by atoms with E-state index in [0.717, 1.165) is 26.2 Å². The third kappa shape index (κ3) is 4.40. The Bertz CT molecular complexity index is 352. The van der Waals surface area contributed by atoms with Gasteiger partial charge in [-0.3, -0.25) is 9.69 Å². The molecule has 0 radical (unpaired) electrons. The van der Waals surface area contributed by atoms with E-state index in [0.29, 0.717) is 18.0 Å². The highest BCUT2D eigenvalue weighted by Gasteiger charge is 2.33. The predicted octanol–water partition coefficient (Wildman–Crippen LogP) is 0.868. The van der Waals surface area contributed by atoms with Gasteiger partial charge in [0.2, 0.25) is 5.91 Å². The van der Waals surface area contributed by atoms with Crippen LogP contribution in [0.15, 0.2) is 0 Å². The second-order valence-electron chi connectivity index (χ2n) is 6.06. The Labute approximate surface area is 127 Å². The fraction of sp³-hybridized carbons (Fsp3) is 0.857. The fourth-order valence-corrected chi connectivity index (χ4v) is 2.57. The van der Waals surface area contributed by atoms with Crippen LogP contribution in [0.3, 0.4) is 0 Å². The van der Waals surface area contributed by atoms with Crippen LogP contribution < -0.4 is 5.73 Å². The zero-order chi connectivity index (χ0) is 15.3. The number of hydrogen-bond acceptors (Lipinski definition) is 4. The molecule has 20 heavy (non-hydrogen) atoms. The van der Waals surface area contributed by atoms with Gasteiger partial charge in [0.05, 0.1) is 10.5 Å². The van der Waals surface area contributed by atoms with Gasteiger partial charge in [-0.05, 0) is 19.8 Å². The molecule has 5 nitrogen and oxygen atoms in total. The maximum Gasteiger partial charge on any atom is 0.223 e. The lowest BCUT2D eigenvalue weighted by atomic mass is 10.0. The molecule has 2 N–H and O–H groups in total. The Kier molecular flexibility index (Phi) is 6.36. The van der Waals surface area contributed by atoms with Gasteiger partial charge in [-0.15, -0.1) is 0 Å². The molecule has 0 aromatic heterocycles. The molecule has 1 fully saturated rings. The molecular weight excluding hydrogens is 274 g/mol. The van der Waals surface area contributed by atoms with Crippen molar-refractivity contribution in [3.63, 3.8) is 0 Å². The number of carbonyl (C=O) groups excluding carboxylic acids is 1. The number of hydrogen-bond donors (Lipinski definition) is 1. The summed E-state index contributed by atoms with van der Waals surface area (Å²) in [5.74, 6) is 0.473. The number of ether oxygens (including phenoxy) is 1. The van der Waals surface area contributed by atoms with Gasteiger partial charge in [-0.2, -0.15) is 0 Å². The fourth-order valence-electron chi connectivity index (χ4n) is 2.44. The van der Waals surface area contributed by atoms with Crippen molar-refractivity contribution in [1.29, 1.82) is 0 Å². The second-order valence-corrected chi connectivity index (χ2v) is 6.50. The maximum absolute atomic E-state index is 12.2. The summed E-state index contributed by atoms with van der Waals surface area (Å²) in [6, 6.07) is 0. The smallest absolute Gasteiger partial charge is 0.223 e. The molecule has 0 aliphatic carbocycles. The maximum atomic E-state index is 12.2. The first-order valence-electron chi connectivity index (χ1n) is 7.10. The number of piperazine rings is 1. The average Bonchev–Trinajstić information content (AvgIpc) is 2.38. The number of nitrogens with two attached hydrogens (primary N) is 1. The Hall–Kier alpha value is -0.720. The lowest BCUT2D eigenvalue weighted by Gasteiger charge is -2.43. The molecule has 0 spiro atoms. The lowest BCUT2D eigenvalue weighted by molar-refractivity contribution is -0.134. The number of amides is 1. The van der Waals surface area contributed by atoms with Crippen molar-refractivity contribution in [3.8, 4) is 0 Å². The molecule has 1 atom stereocenters. The van der Waals surface area contributed by atoms with Crippen molar-refractivity contribution in [2.75, 3.05) is 39.9 Å². The first kappa shape index (κ1) is 17.3. The highest BCUT2D eigenvalue weighted by molar-refractivity contribution is 7.80. The number of rotatable bonds is 6. The van der Waals surface area contributed by atoms with Crippen LogP contribution in [-0.4, -0.2) is 66.1 Å². The van der Waals surface area contributed by atoms with Crippen molar-refractivity contribution in [2.24, 2.45) is 11.7 Å². The van der Waals surface area contributed by atoms with Crippen LogP contribution in [0, 0.1) is 5.92 Å². The van der Waals surface area contributed by atoms with Gasteiger partial charge < -0.3 is 15.4 Å². The van der Waals surface area contributed by atoms with Gasteiger partial charge in [0.15, 0.2) is 0 Å². The molecule has 0 aromatic carbocycles. The van der Waals surface area contributed by atoms with Gasteiger partial charge in [0, 0.05) is 46.3 Å². The lowest BCUT2D eigenvalue weighted by Crippen LogP contribution is -2.59. The van der Waals surface area contributed by atoms with Gasteiger partial charge in [-0.1, -0.05) is 19.1 Å². The topological polar surface area (TPSA) is 58.8 Å². The Morgan fingerprint density at radius 2 is 1.90 bits per heavy atom. The van der Waals surface area contributed by atoms with E-state index in [1.165, 1.54) is 0 Å². The van der Waals surface area contributed by atoms with E-state index >= 15 is 0 Å². The van der Waals surface area contributed by atoms with Crippen molar-refractivity contribution in [2.45, 2.75) is 32.7 Å². The number of nitrogens with zero attached hydrogens (tertiary/aromatic N) is 2. The van der Waals surface area contributed by atoms with Crippen LogP contribution in [0.2, 0.25) is 0 Å². The molecule has 1 unspecified atom stereocenters. The van der Waals surface area contributed by atoms with Crippen LogP contribution in [0.5, 0.6) is 0 Å². The minimum atomic E-state index is -0.284. The summed E-state index contributed by atoms with van der Waals surface area (Å²) >= 11 is 5.12. The number of methoxy groups -OCH3 is 1.